The molecule has 92 valence electrons. The molecular formula is C20H12. The molecule has 0 bridgehead atoms. The first-order valence-electron chi connectivity index (χ1n) is 8.43. The predicted molar refractivity (Wildman–Crippen MR) is 81.5 cm³/mol. The predicted octanol–water partition coefficient (Wildman–Crippen LogP) is 4.81. The Morgan fingerprint density at radius 2 is 0.950 bits per heavy atom. The Morgan fingerprint density at radius 1 is 0.500 bits per heavy atom. The highest BCUT2D eigenvalue weighted by Gasteiger charge is 2.66. The maximum Gasteiger partial charge on any atom is -0.000386 e. The van der Waals surface area contributed by atoms with Crippen molar-refractivity contribution in [2.75, 3.05) is 0 Å². The number of aryl methyl sites for hydroxylation is 2. The molecule has 9 rings (SSSR count). The smallest absolute Gasteiger partial charge is 0.000386 e. The van der Waals surface area contributed by atoms with Crippen molar-refractivity contribution in [2.24, 2.45) is 11.8 Å². The van der Waals surface area contributed by atoms with Crippen LogP contribution in [-0.4, -0.2) is 0 Å². The summed E-state index contributed by atoms with van der Waals surface area (Å²) in [4.78, 5) is 0. The van der Waals surface area contributed by atoms with Crippen LogP contribution in [0.5, 0.6) is 0 Å². The lowest BCUT2D eigenvalue weighted by Gasteiger charge is -2.69. The normalized spacial score (nSPS) is 37.2. The first kappa shape index (κ1) is 8.02. The topological polar surface area (TPSA) is 0 Å². The van der Waals surface area contributed by atoms with Crippen LogP contribution in [0.4, 0.5) is 0 Å². The van der Waals surface area contributed by atoms with Crippen molar-refractivity contribution in [1.82, 2.24) is 0 Å². The van der Waals surface area contributed by atoms with E-state index in [1.54, 1.807) is 54.2 Å². The van der Waals surface area contributed by atoms with E-state index >= 15 is 0 Å². The fourth-order valence-electron chi connectivity index (χ4n) is 7.24. The molecule has 4 aliphatic rings. The largest absolute Gasteiger partial charge is 0.0493 e. The minimum Gasteiger partial charge on any atom is -0.0493 e. The SMILES string of the molecule is C1Cc2c1c1c2c2c1c1c3c4c(c3c21)C1C2CCC2C41. The molecule has 0 aliphatic heterocycles. The van der Waals surface area contributed by atoms with E-state index in [1.165, 1.54) is 25.7 Å². The molecule has 0 spiro atoms. The molecule has 0 radical (unpaired) electrons. The van der Waals surface area contributed by atoms with Crippen LogP contribution in [-0.2, 0) is 12.8 Å². The van der Waals surface area contributed by atoms with Gasteiger partial charge < -0.3 is 0 Å². The Kier molecular flexibility index (Phi) is 0.743. The molecule has 2 fully saturated rings. The van der Waals surface area contributed by atoms with E-state index < -0.39 is 0 Å². The zero-order chi connectivity index (χ0) is 12.1. The van der Waals surface area contributed by atoms with Gasteiger partial charge in [0.1, 0.15) is 0 Å². The van der Waals surface area contributed by atoms with Crippen molar-refractivity contribution in [3.63, 3.8) is 0 Å². The molecule has 4 atom stereocenters. The van der Waals surface area contributed by atoms with E-state index in [2.05, 4.69) is 0 Å². The van der Waals surface area contributed by atoms with Gasteiger partial charge in [-0.05, 0) is 115 Å². The van der Waals surface area contributed by atoms with Crippen molar-refractivity contribution < 1.29 is 0 Å². The summed E-state index contributed by atoms with van der Waals surface area (Å²) in [7, 11) is 0. The van der Waals surface area contributed by atoms with Crippen LogP contribution in [0.1, 0.15) is 46.9 Å². The number of rotatable bonds is 0. The second-order valence-electron chi connectivity index (χ2n) is 8.24. The van der Waals surface area contributed by atoms with Crippen LogP contribution in [0.15, 0.2) is 0 Å². The molecule has 4 aliphatic carbocycles. The number of hydrogen-bond donors (Lipinski definition) is 0. The monoisotopic (exact) mass is 252 g/mol. The summed E-state index contributed by atoms with van der Waals surface area (Å²) in [6, 6.07) is 0. The molecule has 0 N–H and O–H groups in total. The van der Waals surface area contributed by atoms with E-state index in [-0.39, 0.29) is 0 Å². The fraction of sp³-hybridized carbons (Fsp3) is 0.400. The van der Waals surface area contributed by atoms with Crippen molar-refractivity contribution in [1.29, 1.82) is 0 Å². The van der Waals surface area contributed by atoms with Crippen LogP contribution in [0.2, 0.25) is 0 Å². The third-order valence-corrected chi connectivity index (χ3v) is 8.28. The summed E-state index contributed by atoms with van der Waals surface area (Å²) in [5.41, 5.74) is 7.24. The van der Waals surface area contributed by atoms with E-state index in [0.29, 0.717) is 0 Å². The van der Waals surface area contributed by atoms with Gasteiger partial charge in [0.2, 0.25) is 0 Å². The van der Waals surface area contributed by atoms with Gasteiger partial charge in [-0.3, -0.25) is 0 Å². The molecular weight excluding hydrogens is 240 g/mol. The van der Waals surface area contributed by atoms with Crippen LogP contribution >= 0.6 is 0 Å². The molecule has 0 aromatic heterocycles. The maximum absolute atomic E-state index is 1.87. The average Bonchev–Trinajstić information content (AvgIpc) is 2.36. The second-order valence-corrected chi connectivity index (χ2v) is 8.24. The molecule has 2 saturated carbocycles. The molecule has 0 amide bonds. The summed E-state index contributed by atoms with van der Waals surface area (Å²) >= 11 is 0. The summed E-state index contributed by atoms with van der Waals surface area (Å²) < 4.78 is 0. The molecule has 0 heterocycles. The molecule has 0 nitrogen and oxygen atoms in total. The lowest BCUT2D eigenvalue weighted by Crippen LogP contribution is -2.57. The Balaban J connectivity index is 1.44. The van der Waals surface area contributed by atoms with Gasteiger partial charge >= 0.3 is 0 Å². The van der Waals surface area contributed by atoms with Crippen molar-refractivity contribution in [3.05, 3.63) is 22.3 Å². The van der Waals surface area contributed by atoms with E-state index in [0.717, 1.165) is 23.7 Å². The van der Waals surface area contributed by atoms with Gasteiger partial charge in [-0.1, -0.05) is 0 Å². The fourth-order valence-corrected chi connectivity index (χ4v) is 7.24. The van der Waals surface area contributed by atoms with Crippen LogP contribution in [0.3, 0.4) is 0 Å². The van der Waals surface area contributed by atoms with Crippen LogP contribution < -0.4 is 0 Å². The number of fused-ring (bicyclic) bond motifs is 22. The van der Waals surface area contributed by atoms with E-state index in [1.807, 2.05) is 11.1 Å². The van der Waals surface area contributed by atoms with Gasteiger partial charge in [-0.25, -0.2) is 0 Å². The van der Waals surface area contributed by atoms with E-state index in [4.69, 9.17) is 0 Å². The Labute approximate surface area is 115 Å². The first-order chi connectivity index (χ1) is 9.97. The van der Waals surface area contributed by atoms with Crippen molar-refractivity contribution in [3.8, 4) is 0 Å². The summed E-state index contributed by atoms with van der Waals surface area (Å²) in [6.07, 6.45) is 5.83. The van der Waals surface area contributed by atoms with Crippen molar-refractivity contribution >= 4 is 43.1 Å². The average molecular weight is 252 g/mol. The molecule has 5 aromatic carbocycles. The minimum absolute atomic E-state index is 1.04. The van der Waals surface area contributed by atoms with Gasteiger partial charge in [0, 0.05) is 0 Å². The van der Waals surface area contributed by atoms with E-state index in [9.17, 15) is 0 Å². The highest BCUT2D eigenvalue weighted by Crippen LogP contribution is 2.80. The molecule has 20 heavy (non-hydrogen) atoms. The number of hydrogen-bond acceptors (Lipinski definition) is 0. The second kappa shape index (κ2) is 1.85. The van der Waals surface area contributed by atoms with Crippen molar-refractivity contribution in [2.45, 2.75) is 37.5 Å². The molecule has 5 aromatic rings. The Hall–Kier alpha value is -1.56. The van der Waals surface area contributed by atoms with Gasteiger partial charge in [0.05, 0.1) is 0 Å². The third kappa shape index (κ3) is 0.421. The lowest BCUT2D eigenvalue weighted by atomic mass is 9.34. The highest BCUT2D eigenvalue weighted by molar-refractivity contribution is 6.60. The zero-order valence-corrected chi connectivity index (χ0v) is 11.1. The zero-order valence-electron chi connectivity index (χ0n) is 11.1. The summed E-state index contributed by atoms with van der Waals surface area (Å²) in [6.45, 7) is 0. The van der Waals surface area contributed by atoms with Gasteiger partial charge in [0.15, 0.2) is 0 Å². The van der Waals surface area contributed by atoms with Gasteiger partial charge in [-0.15, -0.1) is 0 Å². The standard InChI is InChI=1S/C20H12/c1-2-6-5(1)9-10(6)14-13(9)17-18(14)20-16-12-8-4-3-7(8)11(12)15(16)19(17)20/h5-6,9-10H,1-4H2. The van der Waals surface area contributed by atoms with Gasteiger partial charge in [-0.2, -0.15) is 0 Å². The maximum atomic E-state index is 1.87. The Morgan fingerprint density at radius 3 is 1.35 bits per heavy atom. The molecule has 0 saturated heterocycles. The molecule has 4 unspecified atom stereocenters. The molecule has 0 heteroatoms. The van der Waals surface area contributed by atoms with Gasteiger partial charge in [0.25, 0.3) is 0 Å². The lowest BCUT2D eigenvalue weighted by molar-refractivity contribution is -0.0337. The minimum atomic E-state index is 1.04. The Bertz CT molecular complexity index is 1110. The van der Waals surface area contributed by atoms with Crippen LogP contribution in [0, 0.1) is 11.8 Å². The third-order valence-electron chi connectivity index (χ3n) is 8.28. The highest BCUT2D eigenvalue weighted by atomic mass is 14.7. The first-order valence-corrected chi connectivity index (χ1v) is 8.43. The quantitative estimate of drug-likeness (QED) is 0.371. The summed E-state index contributed by atoms with van der Waals surface area (Å²) in [5.74, 6) is 4.31. The van der Waals surface area contributed by atoms with Crippen LogP contribution in [0.25, 0.3) is 43.1 Å². The number of benzene rings is 4. The summed E-state index contributed by atoms with van der Waals surface area (Å²) in [5, 5.41) is 14.0.